The van der Waals surface area contributed by atoms with Crippen LogP contribution in [-0.4, -0.2) is 31.2 Å². The molecule has 2 amide bonds. The number of nitrogens with one attached hydrogen (secondary N) is 1. The van der Waals surface area contributed by atoms with E-state index in [4.69, 9.17) is 5.73 Å². The molecule has 0 fully saturated rings. The van der Waals surface area contributed by atoms with Gasteiger partial charge < -0.3 is 16.0 Å². The Morgan fingerprint density at radius 1 is 1.56 bits per heavy atom. The highest BCUT2D eigenvalue weighted by atomic mass is 32.2. The standard InChI is InChI=1S/C12H15N3O2S/c1-14-5-8-2-3-10-9(4-8)15(6-11(13)16)12(17)7-18-10/h2-4,14H,5-7H2,1H3,(H2,13,16). The van der Waals surface area contributed by atoms with Crippen LogP contribution >= 0.6 is 11.8 Å². The summed E-state index contributed by atoms with van der Waals surface area (Å²) in [7, 11) is 1.86. The van der Waals surface area contributed by atoms with Gasteiger partial charge in [0, 0.05) is 11.4 Å². The zero-order valence-corrected chi connectivity index (χ0v) is 10.9. The molecule has 0 aromatic heterocycles. The van der Waals surface area contributed by atoms with Crippen molar-refractivity contribution in [3.8, 4) is 0 Å². The quantitative estimate of drug-likeness (QED) is 0.822. The fraction of sp³-hybridized carbons (Fsp3) is 0.333. The van der Waals surface area contributed by atoms with Crippen molar-refractivity contribution in [2.75, 3.05) is 24.2 Å². The Morgan fingerprint density at radius 3 is 3.00 bits per heavy atom. The SMILES string of the molecule is CNCc1ccc2c(c1)N(CC(N)=O)C(=O)CS2. The third-order valence-corrected chi connectivity index (χ3v) is 3.71. The summed E-state index contributed by atoms with van der Waals surface area (Å²) in [5.41, 5.74) is 7.04. The van der Waals surface area contributed by atoms with Crippen molar-refractivity contribution in [1.29, 1.82) is 0 Å². The van der Waals surface area contributed by atoms with Crippen LogP contribution in [0.2, 0.25) is 0 Å². The summed E-state index contributed by atoms with van der Waals surface area (Å²) in [6, 6.07) is 5.92. The van der Waals surface area contributed by atoms with Crippen LogP contribution in [0.3, 0.4) is 0 Å². The molecule has 5 nitrogen and oxygen atoms in total. The zero-order valence-electron chi connectivity index (χ0n) is 10.1. The average molecular weight is 265 g/mol. The Hall–Kier alpha value is -1.53. The summed E-state index contributed by atoms with van der Waals surface area (Å²) < 4.78 is 0. The molecule has 0 radical (unpaired) electrons. The number of nitrogens with two attached hydrogens (primary N) is 1. The highest BCUT2D eigenvalue weighted by Crippen LogP contribution is 2.35. The van der Waals surface area contributed by atoms with E-state index in [1.165, 1.54) is 16.7 Å². The van der Waals surface area contributed by atoms with Crippen LogP contribution in [0.1, 0.15) is 5.56 Å². The van der Waals surface area contributed by atoms with Crippen LogP contribution < -0.4 is 16.0 Å². The van der Waals surface area contributed by atoms with E-state index in [1.807, 2.05) is 25.2 Å². The number of primary amides is 1. The lowest BCUT2D eigenvalue weighted by molar-refractivity contribution is -0.121. The van der Waals surface area contributed by atoms with Gasteiger partial charge in [0.05, 0.1) is 11.4 Å². The van der Waals surface area contributed by atoms with Crippen molar-refractivity contribution >= 4 is 29.3 Å². The predicted molar refractivity (Wildman–Crippen MR) is 71.5 cm³/mol. The van der Waals surface area contributed by atoms with Crippen molar-refractivity contribution in [2.45, 2.75) is 11.4 Å². The first-order valence-electron chi connectivity index (χ1n) is 5.61. The molecular formula is C12H15N3O2S. The maximum Gasteiger partial charge on any atom is 0.237 e. The van der Waals surface area contributed by atoms with Crippen molar-refractivity contribution in [1.82, 2.24) is 5.32 Å². The van der Waals surface area contributed by atoms with E-state index in [9.17, 15) is 9.59 Å². The van der Waals surface area contributed by atoms with Gasteiger partial charge in [-0.3, -0.25) is 9.59 Å². The lowest BCUT2D eigenvalue weighted by Crippen LogP contribution is -2.41. The van der Waals surface area contributed by atoms with Crippen molar-refractivity contribution in [3.63, 3.8) is 0 Å². The van der Waals surface area contributed by atoms with E-state index in [1.54, 1.807) is 0 Å². The number of carbonyl (C=O) groups excluding carboxylic acids is 2. The Bertz CT molecular complexity index is 490. The maximum atomic E-state index is 11.8. The summed E-state index contributed by atoms with van der Waals surface area (Å²) in [4.78, 5) is 25.4. The van der Waals surface area contributed by atoms with Gasteiger partial charge in [-0.1, -0.05) is 6.07 Å². The minimum absolute atomic E-state index is 0.0601. The van der Waals surface area contributed by atoms with Gasteiger partial charge in [-0.05, 0) is 24.7 Å². The van der Waals surface area contributed by atoms with Crippen LogP contribution in [0.4, 0.5) is 5.69 Å². The molecule has 0 spiro atoms. The van der Waals surface area contributed by atoms with Gasteiger partial charge in [0.15, 0.2) is 0 Å². The van der Waals surface area contributed by atoms with Gasteiger partial charge in [-0.25, -0.2) is 0 Å². The molecule has 1 aliphatic rings. The van der Waals surface area contributed by atoms with E-state index < -0.39 is 5.91 Å². The molecule has 0 unspecified atom stereocenters. The van der Waals surface area contributed by atoms with Crippen molar-refractivity contribution < 1.29 is 9.59 Å². The second-order valence-corrected chi connectivity index (χ2v) is 5.08. The number of thioether (sulfide) groups is 1. The number of hydrogen-bond acceptors (Lipinski definition) is 4. The molecule has 6 heteroatoms. The number of nitrogens with zero attached hydrogens (tertiary/aromatic N) is 1. The lowest BCUT2D eigenvalue weighted by atomic mass is 10.1. The lowest BCUT2D eigenvalue weighted by Gasteiger charge is -2.28. The minimum Gasteiger partial charge on any atom is -0.368 e. The Kier molecular flexibility index (Phi) is 3.88. The van der Waals surface area contributed by atoms with Crippen LogP contribution in [0, 0.1) is 0 Å². The summed E-state index contributed by atoms with van der Waals surface area (Å²) in [5.74, 6) is -0.223. The number of carbonyl (C=O) groups is 2. The first-order chi connectivity index (χ1) is 8.61. The first-order valence-corrected chi connectivity index (χ1v) is 6.59. The first kappa shape index (κ1) is 12.9. The molecule has 96 valence electrons. The third kappa shape index (κ3) is 2.65. The average Bonchev–Trinajstić information content (AvgIpc) is 2.33. The van der Waals surface area contributed by atoms with Crippen molar-refractivity contribution in [3.05, 3.63) is 23.8 Å². The zero-order chi connectivity index (χ0) is 13.1. The molecule has 1 aromatic rings. The van der Waals surface area contributed by atoms with Gasteiger partial charge in [0.2, 0.25) is 11.8 Å². The van der Waals surface area contributed by atoms with E-state index in [0.29, 0.717) is 5.75 Å². The van der Waals surface area contributed by atoms with Crippen LogP contribution in [-0.2, 0) is 16.1 Å². The number of benzene rings is 1. The number of rotatable bonds is 4. The smallest absolute Gasteiger partial charge is 0.237 e. The Labute approximate surface area is 110 Å². The molecule has 0 saturated carbocycles. The Balaban J connectivity index is 2.36. The molecule has 1 aromatic carbocycles. The molecule has 0 bridgehead atoms. The largest absolute Gasteiger partial charge is 0.368 e. The number of anilines is 1. The van der Waals surface area contributed by atoms with Crippen LogP contribution in [0.5, 0.6) is 0 Å². The fourth-order valence-electron chi connectivity index (χ4n) is 1.89. The number of amides is 2. The topological polar surface area (TPSA) is 75.4 Å². The van der Waals surface area contributed by atoms with Crippen LogP contribution in [0.15, 0.2) is 23.1 Å². The summed E-state index contributed by atoms with van der Waals surface area (Å²) in [6.45, 7) is 0.659. The summed E-state index contributed by atoms with van der Waals surface area (Å²) >= 11 is 1.49. The molecule has 3 N–H and O–H groups in total. The highest BCUT2D eigenvalue weighted by Gasteiger charge is 2.25. The molecular weight excluding hydrogens is 250 g/mol. The predicted octanol–water partition coefficient (Wildman–Crippen LogP) is 0.330. The van der Waals surface area contributed by atoms with E-state index in [-0.39, 0.29) is 12.5 Å². The van der Waals surface area contributed by atoms with Gasteiger partial charge in [0.1, 0.15) is 6.54 Å². The second-order valence-electron chi connectivity index (χ2n) is 4.07. The van der Waals surface area contributed by atoms with E-state index >= 15 is 0 Å². The molecule has 1 aliphatic heterocycles. The molecule has 2 rings (SSSR count). The second kappa shape index (κ2) is 5.41. The fourth-order valence-corrected chi connectivity index (χ4v) is 2.81. The summed E-state index contributed by atoms with van der Waals surface area (Å²) in [6.07, 6.45) is 0. The van der Waals surface area contributed by atoms with Gasteiger partial charge in [-0.2, -0.15) is 0 Å². The summed E-state index contributed by atoms with van der Waals surface area (Å²) in [5, 5.41) is 3.06. The monoisotopic (exact) mass is 265 g/mol. The number of fused-ring (bicyclic) bond motifs is 1. The maximum absolute atomic E-state index is 11.8. The van der Waals surface area contributed by atoms with E-state index in [2.05, 4.69) is 5.32 Å². The van der Waals surface area contributed by atoms with Gasteiger partial charge >= 0.3 is 0 Å². The molecule has 1 heterocycles. The minimum atomic E-state index is -0.500. The third-order valence-electron chi connectivity index (χ3n) is 2.66. The normalized spacial score (nSPS) is 14.5. The Morgan fingerprint density at radius 2 is 2.33 bits per heavy atom. The van der Waals surface area contributed by atoms with Crippen LogP contribution in [0.25, 0.3) is 0 Å². The van der Waals surface area contributed by atoms with Crippen molar-refractivity contribution in [2.24, 2.45) is 5.73 Å². The van der Waals surface area contributed by atoms with Gasteiger partial charge in [0.25, 0.3) is 0 Å². The van der Waals surface area contributed by atoms with Gasteiger partial charge in [-0.15, -0.1) is 11.8 Å². The molecule has 0 aliphatic carbocycles. The molecule has 0 atom stereocenters. The molecule has 18 heavy (non-hydrogen) atoms. The van der Waals surface area contributed by atoms with E-state index in [0.717, 1.165) is 22.7 Å². The highest BCUT2D eigenvalue weighted by molar-refractivity contribution is 8.00. The molecule has 0 saturated heterocycles. The number of hydrogen-bond donors (Lipinski definition) is 2.